The predicted molar refractivity (Wildman–Crippen MR) is 70.2 cm³/mol. The topological polar surface area (TPSA) is 34.9 Å². The molecule has 0 amide bonds. The second kappa shape index (κ2) is 4.30. The average molecular weight is 258 g/mol. The Labute approximate surface area is 111 Å². The third kappa shape index (κ3) is 2.18. The molecule has 3 rings (SSSR count). The van der Waals surface area contributed by atoms with Gasteiger partial charge in [0.2, 0.25) is 0 Å². The van der Waals surface area contributed by atoms with Crippen molar-refractivity contribution in [3.05, 3.63) is 47.3 Å². The average Bonchev–Trinajstić information content (AvgIpc) is 3.08. The molecule has 0 saturated heterocycles. The zero-order valence-electron chi connectivity index (χ0n) is 11.0. The van der Waals surface area contributed by atoms with E-state index in [0.717, 1.165) is 16.9 Å². The van der Waals surface area contributed by atoms with Gasteiger partial charge in [-0.25, -0.2) is 9.37 Å². The van der Waals surface area contributed by atoms with Crippen LogP contribution in [0.15, 0.2) is 24.7 Å². The number of carbonyl (C=O) groups excluding carboxylic acids is 1. The van der Waals surface area contributed by atoms with Gasteiger partial charge < -0.3 is 4.57 Å². The summed E-state index contributed by atoms with van der Waals surface area (Å²) in [7, 11) is 0. The van der Waals surface area contributed by atoms with Gasteiger partial charge in [-0.3, -0.25) is 4.79 Å². The van der Waals surface area contributed by atoms with Crippen molar-refractivity contribution < 1.29 is 9.18 Å². The van der Waals surface area contributed by atoms with Gasteiger partial charge in [0.15, 0.2) is 5.78 Å². The number of imidazole rings is 1. The van der Waals surface area contributed by atoms with Gasteiger partial charge in [-0.1, -0.05) is 0 Å². The molecule has 1 aliphatic rings. The van der Waals surface area contributed by atoms with Gasteiger partial charge >= 0.3 is 0 Å². The summed E-state index contributed by atoms with van der Waals surface area (Å²) in [5.74, 6) is -0.146. The van der Waals surface area contributed by atoms with Crippen LogP contribution in [0.4, 0.5) is 4.39 Å². The molecular formula is C15H15FN2O. The highest BCUT2D eigenvalue weighted by Gasteiger charge is 2.26. The van der Waals surface area contributed by atoms with Crippen molar-refractivity contribution in [3.8, 4) is 5.69 Å². The summed E-state index contributed by atoms with van der Waals surface area (Å²) < 4.78 is 15.6. The molecule has 0 spiro atoms. The smallest absolute Gasteiger partial charge is 0.162 e. The highest BCUT2D eigenvalue weighted by Crippen LogP contribution is 2.39. The number of aryl methyl sites for hydroxylation is 1. The van der Waals surface area contributed by atoms with E-state index >= 15 is 0 Å². The Bertz CT molecular complexity index is 656. The zero-order chi connectivity index (χ0) is 13.6. The number of rotatable bonds is 3. The zero-order valence-corrected chi connectivity index (χ0v) is 11.0. The molecule has 4 heteroatoms. The second-order valence-electron chi connectivity index (χ2n) is 5.15. The summed E-state index contributed by atoms with van der Waals surface area (Å²) >= 11 is 0. The van der Waals surface area contributed by atoms with Crippen molar-refractivity contribution in [2.75, 3.05) is 0 Å². The molecule has 1 heterocycles. The molecule has 1 saturated carbocycles. The largest absolute Gasteiger partial charge is 0.306 e. The Hall–Kier alpha value is -1.97. The molecule has 0 N–H and O–H groups in total. The molecule has 98 valence electrons. The van der Waals surface area contributed by atoms with Crippen molar-refractivity contribution in [3.63, 3.8) is 0 Å². The van der Waals surface area contributed by atoms with Gasteiger partial charge in [0.05, 0.1) is 23.3 Å². The van der Waals surface area contributed by atoms with E-state index in [2.05, 4.69) is 4.98 Å². The minimum absolute atomic E-state index is 0.127. The fraction of sp³-hybridized carbons (Fsp3) is 0.333. The Morgan fingerprint density at radius 1 is 1.42 bits per heavy atom. The standard InChI is InChI=1S/C15H15FN2O/c1-9-5-13(16)12(10(2)19)6-15(9)18-7-14(17-8-18)11-3-4-11/h5-8,11H,3-4H2,1-2H3. The summed E-state index contributed by atoms with van der Waals surface area (Å²) in [6, 6.07) is 3.01. The molecule has 0 bridgehead atoms. The molecule has 2 aromatic rings. The Kier molecular flexibility index (Phi) is 2.73. The van der Waals surface area contributed by atoms with E-state index in [4.69, 9.17) is 0 Å². The highest BCUT2D eigenvalue weighted by atomic mass is 19.1. The SMILES string of the molecule is CC(=O)c1cc(-n2cnc(C3CC3)c2)c(C)cc1F. The van der Waals surface area contributed by atoms with Gasteiger partial charge in [-0.05, 0) is 44.4 Å². The predicted octanol–water partition coefficient (Wildman–Crippen LogP) is 3.40. The van der Waals surface area contributed by atoms with E-state index in [1.165, 1.54) is 25.8 Å². The molecule has 0 aliphatic heterocycles. The van der Waals surface area contributed by atoms with Crippen molar-refractivity contribution in [2.24, 2.45) is 0 Å². The monoisotopic (exact) mass is 258 g/mol. The van der Waals surface area contributed by atoms with E-state index in [1.54, 1.807) is 12.4 Å². The number of benzene rings is 1. The van der Waals surface area contributed by atoms with Crippen molar-refractivity contribution in [1.82, 2.24) is 9.55 Å². The molecule has 19 heavy (non-hydrogen) atoms. The van der Waals surface area contributed by atoms with Crippen LogP contribution in [0.2, 0.25) is 0 Å². The Morgan fingerprint density at radius 3 is 2.79 bits per heavy atom. The first-order valence-corrected chi connectivity index (χ1v) is 6.41. The molecular weight excluding hydrogens is 243 g/mol. The molecule has 0 unspecified atom stereocenters. The third-order valence-corrected chi connectivity index (χ3v) is 3.54. The first-order chi connectivity index (χ1) is 9.06. The first-order valence-electron chi connectivity index (χ1n) is 6.41. The van der Waals surface area contributed by atoms with Gasteiger partial charge in [0.25, 0.3) is 0 Å². The second-order valence-corrected chi connectivity index (χ2v) is 5.15. The Morgan fingerprint density at radius 2 is 2.16 bits per heavy atom. The van der Waals surface area contributed by atoms with Crippen LogP contribution in [0.25, 0.3) is 5.69 Å². The maximum atomic E-state index is 13.7. The molecule has 1 aromatic carbocycles. The maximum absolute atomic E-state index is 13.7. The lowest BCUT2D eigenvalue weighted by atomic mass is 10.1. The number of Topliss-reactive ketones (excluding diaryl/α,β-unsaturated/α-hetero) is 1. The van der Waals surface area contributed by atoms with Crippen molar-refractivity contribution >= 4 is 5.78 Å². The van der Waals surface area contributed by atoms with Crippen molar-refractivity contribution in [2.45, 2.75) is 32.6 Å². The van der Waals surface area contributed by atoms with Gasteiger partial charge in [0, 0.05) is 12.1 Å². The molecule has 0 radical (unpaired) electrons. The summed E-state index contributed by atoms with van der Waals surface area (Å²) in [6.45, 7) is 3.21. The number of hydrogen-bond donors (Lipinski definition) is 0. The van der Waals surface area contributed by atoms with E-state index in [-0.39, 0.29) is 11.3 Å². The highest BCUT2D eigenvalue weighted by molar-refractivity contribution is 5.95. The summed E-state index contributed by atoms with van der Waals surface area (Å²) in [5, 5.41) is 0. The number of ketones is 1. The molecule has 1 aliphatic carbocycles. The van der Waals surface area contributed by atoms with Crippen LogP contribution in [-0.2, 0) is 0 Å². The molecule has 1 aromatic heterocycles. The minimum Gasteiger partial charge on any atom is -0.306 e. The lowest BCUT2D eigenvalue weighted by molar-refractivity contribution is 0.101. The molecule has 3 nitrogen and oxygen atoms in total. The number of aromatic nitrogens is 2. The van der Waals surface area contributed by atoms with Crippen LogP contribution in [-0.4, -0.2) is 15.3 Å². The van der Waals surface area contributed by atoms with Crippen LogP contribution in [0.3, 0.4) is 0 Å². The van der Waals surface area contributed by atoms with Crippen LogP contribution >= 0.6 is 0 Å². The minimum atomic E-state index is -0.462. The van der Waals surface area contributed by atoms with Crippen LogP contribution in [0, 0.1) is 12.7 Å². The van der Waals surface area contributed by atoms with Gasteiger partial charge in [0.1, 0.15) is 5.82 Å². The summed E-state index contributed by atoms with van der Waals surface area (Å²) in [4.78, 5) is 15.8. The van der Waals surface area contributed by atoms with E-state index in [0.29, 0.717) is 5.92 Å². The summed E-state index contributed by atoms with van der Waals surface area (Å²) in [5.41, 5.74) is 2.81. The fourth-order valence-corrected chi connectivity index (χ4v) is 2.27. The van der Waals surface area contributed by atoms with E-state index in [1.807, 2.05) is 17.7 Å². The first kappa shape index (κ1) is 12.1. The maximum Gasteiger partial charge on any atom is 0.162 e. The Balaban J connectivity index is 2.07. The van der Waals surface area contributed by atoms with Gasteiger partial charge in [-0.2, -0.15) is 0 Å². The third-order valence-electron chi connectivity index (χ3n) is 3.54. The molecule has 1 fully saturated rings. The number of nitrogens with zero attached hydrogens (tertiary/aromatic N) is 2. The normalized spacial score (nSPS) is 14.7. The summed E-state index contributed by atoms with van der Waals surface area (Å²) in [6.07, 6.45) is 6.09. The van der Waals surface area contributed by atoms with Crippen molar-refractivity contribution in [1.29, 1.82) is 0 Å². The van der Waals surface area contributed by atoms with Crippen LogP contribution in [0.1, 0.15) is 47.3 Å². The quantitative estimate of drug-likeness (QED) is 0.791. The molecule has 0 atom stereocenters. The van der Waals surface area contributed by atoms with E-state index < -0.39 is 5.82 Å². The lowest BCUT2D eigenvalue weighted by Gasteiger charge is -2.09. The number of carbonyl (C=O) groups is 1. The van der Waals surface area contributed by atoms with E-state index in [9.17, 15) is 9.18 Å². The number of halogens is 1. The number of hydrogen-bond acceptors (Lipinski definition) is 2. The fourth-order valence-electron chi connectivity index (χ4n) is 2.27. The lowest BCUT2D eigenvalue weighted by Crippen LogP contribution is -2.02. The van der Waals surface area contributed by atoms with Gasteiger partial charge in [-0.15, -0.1) is 0 Å². The van der Waals surface area contributed by atoms with Crippen LogP contribution < -0.4 is 0 Å². The van der Waals surface area contributed by atoms with Crippen LogP contribution in [0.5, 0.6) is 0 Å².